The number of hydrogen-bond acceptors (Lipinski definition) is 1. The summed E-state index contributed by atoms with van der Waals surface area (Å²) in [6.07, 6.45) is 14.8. The van der Waals surface area contributed by atoms with Crippen LogP contribution in [0.4, 0.5) is 0 Å². The third kappa shape index (κ3) is 3.71. The van der Waals surface area contributed by atoms with Gasteiger partial charge in [-0.05, 0) is 44.1 Å². The van der Waals surface area contributed by atoms with Crippen LogP contribution in [0.25, 0.3) is 0 Å². The molecule has 0 saturated heterocycles. The van der Waals surface area contributed by atoms with Gasteiger partial charge in [0.05, 0.1) is 0 Å². The van der Waals surface area contributed by atoms with Gasteiger partial charge in [0.1, 0.15) is 0 Å². The molecule has 0 aromatic rings. The van der Waals surface area contributed by atoms with Crippen molar-refractivity contribution in [1.82, 2.24) is 5.32 Å². The van der Waals surface area contributed by atoms with Crippen molar-refractivity contribution in [1.29, 1.82) is 0 Å². The fourth-order valence-corrected chi connectivity index (χ4v) is 4.15. The SMILES string of the molecule is CCC1CCC(C(CC2CCCC2)NC)CC1. The van der Waals surface area contributed by atoms with Crippen LogP contribution in [0.15, 0.2) is 0 Å². The van der Waals surface area contributed by atoms with Gasteiger partial charge >= 0.3 is 0 Å². The van der Waals surface area contributed by atoms with Crippen LogP contribution in [0, 0.1) is 17.8 Å². The van der Waals surface area contributed by atoms with Crippen LogP contribution in [-0.4, -0.2) is 13.1 Å². The fraction of sp³-hybridized carbons (Fsp3) is 1.00. The molecule has 1 nitrogen and oxygen atoms in total. The summed E-state index contributed by atoms with van der Waals surface area (Å²) in [5.41, 5.74) is 0. The molecule has 0 amide bonds. The van der Waals surface area contributed by atoms with Gasteiger partial charge in [0.15, 0.2) is 0 Å². The van der Waals surface area contributed by atoms with Crippen molar-refractivity contribution in [2.24, 2.45) is 17.8 Å². The van der Waals surface area contributed by atoms with E-state index in [0.29, 0.717) is 0 Å². The minimum atomic E-state index is 0.816. The smallest absolute Gasteiger partial charge is 0.00949 e. The number of rotatable bonds is 5. The summed E-state index contributed by atoms with van der Waals surface area (Å²) in [4.78, 5) is 0. The topological polar surface area (TPSA) is 12.0 Å². The molecule has 2 fully saturated rings. The van der Waals surface area contributed by atoms with E-state index < -0.39 is 0 Å². The Morgan fingerprint density at radius 3 is 2.12 bits per heavy atom. The van der Waals surface area contributed by atoms with Gasteiger partial charge in [-0.1, -0.05) is 51.9 Å². The van der Waals surface area contributed by atoms with Crippen molar-refractivity contribution in [2.45, 2.75) is 77.2 Å². The Kier molecular flexibility index (Phi) is 5.34. The van der Waals surface area contributed by atoms with Gasteiger partial charge in [-0.15, -0.1) is 0 Å². The zero-order chi connectivity index (χ0) is 12.1. The highest BCUT2D eigenvalue weighted by molar-refractivity contribution is 4.84. The predicted octanol–water partition coefficient (Wildman–Crippen LogP) is 4.37. The maximum Gasteiger partial charge on any atom is 0.00949 e. The molecule has 1 heteroatoms. The maximum absolute atomic E-state index is 3.63. The molecule has 2 aliphatic carbocycles. The van der Waals surface area contributed by atoms with E-state index in [-0.39, 0.29) is 0 Å². The number of nitrogens with one attached hydrogen (secondary N) is 1. The average Bonchev–Trinajstić information content (AvgIpc) is 2.89. The van der Waals surface area contributed by atoms with Gasteiger partial charge in [0.25, 0.3) is 0 Å². The molecular weight excluding hydrogens is 206 g/mol. The summed E-state index contributed by atoms with van der Waals surface area (Å²) in [6.45, 7) is 2.36. The Morgan fingerprint density at radius 2 is 1.59 bits per heavy atom. The lowest BCUT2D eigenvalue weighted by molar-refractivity contribution is 0.202. The molecule has 100 valence electrons. The molecule has 0 spiro atoms. The highest BCUT2D eigenvalue weighted by Crippen LogP contribution is 2.36. The van der Waals surface area contributed by atoms with Crippen LogP contribution < -0.4 is 5.32 Å². The van der Waals surface area contributed by atoms with Crippen LogP contribution in [0.2, 0.25) is 0 Å². The molecule has 2 rings (SSSR count). The molecular formula is C16H31N. The predicted molar refractivity (Wildman–Crippen MR) is 75.2 cm³/mol. The second kappa shape index (κ2) is 6.78. The van der Waals surface area contributed by atoms with E-state index in [1.54, 1.807) is 0 Å². The minimum Gasteiger partial charge on any atom is -0.317 e. The second-order valence-corrected chi connectivity index (χ2v) is 6.47. The lowest BCUT2D eigenvalue weighted by atomic mass is 9.75. The molecule has 0 aromatic carbocycles. The Labute approximate surface area is 108 Å². The first kappa shape index (κ1) is 13.4. The molecule has 0 aliphatic heterocycles. The molecule has 0 radical (unpaired) electrons. The normalized spacial score (nSPS) is 32.8. The molecule has 1 unspecified atom stereocenters. The van der Waals surface area contributed by atoms with Crippen LogP contribution in [0.5, 0.6) is 0 Å². The van der Waals surface area contributed by atoms with Crippen molar-refractivity contribution in [3.63, 3.8) is 0 Å². The van der Waals surface area contributed by atoms with Crippen molar-refractivity contribution in [3.8, 4) is 0 Å². The summed E-state index contributed by atoms with van der Waals surface area (Å²) >= 11 is 0. The summed E-state index contributed by atoms with van der Waals surface area (Å²) < 4.78 is 0. The molecule has 0 aromatic heterocycles. The van der Waals surface area contributed by atoms with E-state index in [9.17, 15) is 0 Å². The van der Waals surface area contributed by atoms with Crippen molar-refractivity contribution < 1.29 is 0 Å². The molecule has 17 heavy (non-hydrogen) atoms. The third-order valence-corrected chi connectivity index (χ3v) is 5.47. The second-order valence-electron chi connectivity index (χ2n) is 6.47. The first-order valence-electron chi connectivity index (χ1n) is 8.00. The molecule has 1 N–H and O–H groups in total. The van der Waals surface area contributed by atoms with Crippen LogP contribution in [-0.2, 0) is 0 Å². The highest BCUT2D eigenvalue weighted by atomic mass is 14.9. The largest absolute Gasteiger partial charge is 0.317 e. The average molecular weight is 237 g/mol. The van der Waals surface area contributed by atoms with Crippen molar-refractivity contribution in [2.75, 3.05) is 7.05 Å². The van der Waals surface area contributed by atoms with E-state index >= 15 is 0 Å². The zero-order valence-corrected chi connectivity index (χ0v) is 11.9. The molecule has 0 heterocycles. The van der Waals surface area contributed by atoms with E-state index in [1.165, 1.54) is 64.2 Å². The van der Waals surface area contributed by atoms with Crippen LogP contribution in [0.3, 0.4) is 0 Å². The quantitative estimate of drug-likeness (QED) is 0.748. The first-order chi connectivity index (χ1) is 8.33. The minimum absolute atomic E-state index is 0.816. The molecule has 0 bridgehead atoms. The van der Waals surface area contributed by atoms with Crippen LogP contribution >= 0.6 is 0 Å². The highest BCUT2D eigenvalue weighted by Gasteiger charge is 2.28. The summed E-state index contributed by atoms with van der Waals surface area (Å²) in [5, 5.41) is 3.63. The van der Waals surface area contributed by atoms with Gasteiger partial charge < -0.3 is 5.32 Å². The van der Waals surface area contributed by atoms with Gasteiger partial charge in [-0.25, -0.2) is 0 Å². The Balaban J connectivity index is 1.77. The van der Waals surface area contributed by atoms with Gasteiger partial charge in [0.2, 0.25) is 0 Å². The van der Waals surface area contributed by atoms with Crippen molar-refractivity contribution in [3.05, 3.63) is 0 Å². The fourth-order valence-electron chi connectivity index (χ4n) is 4.15. The van der Waals surface area contributed by atoms with Crippen molar-refractivity contribution >= 4 is 0 Å². The lowest BCUT2D eigenvalue weighted by Crippen LogP contribution is -2.37. The standard InChI is InChI=1S/C16H31N/c1-3-13-8-10-15(11-9-13)16(17-2)12-14-6-4-5-7-14/h13-17H,3-12H2,1-2H3. The molecule has 2 saturated carbocycles. The van der Waals surface area contributed by atoms with Gasteiger partial charge in [-0.2, -0.15) is 0 Å². The third-order valence-electron chi connectivity index (χ3n) is 5.47. The summed E-state index contributed by atoms with van der Waals surface area (Å²) in [7, 11) is 2.19. The summed E-state index contributed by atoms with van der Waals surface area (Å²) in [5.74, 6) is 3.05. The van der Waals surface area contributed by atoms with Crippen LogP contribution in [0.1, 0.15) is 71.1 Å². The van der Waals surface area contributed by atoms with E-state index in [0.717, 1.165) is 23.8 Å². The Hall–Kier alpha value is -0.0400. The first-order valence-corrected chi connectivity index (χ1v) is 8.00. The monoisotopic (exact) mass is 237 g/mol. The van der Waals surface area contributed by atoms with Gasteiger partial charge in [0, 0.05) is 6.04 Å². The Bertz CT molecular complexity index is 200. The Morgan fingerprint density at radius 1 is 0.941 bits per heavy atom. The maximum atomic E-state index is 3.63. The van der Waals surface area contributed by atoms with E-state index in [1.807, 2.05) is 0 Å². The zero-order valence-electron chi connectivity index (χ0n) is 11.9. The lowest BCUT2D eigenvalue weighted by Gasteiger charge is -2.34. The van der Waals surface area contributed by atoms with E-state index in [2.05, 4.69) is 19.3 Å². The number of hydrogen-bond donors (Lipinski definition) is 1. The molecule has 1 atom stereocenters. The van der Waals surface area contributed by atoms with Gasteiger partial charge in [-0.3, -0.25) is 0 Å². The van der Waals surface area contributed by atoms with E-state index in [4.69, 9.17) is 0 Å². The summed E-state index contributed by atoms with van der Waals surface area (Å²) in [6, 6.07) is 0.816. The molecule has 2 aliphatic rings.